The van der Waals surface area contributed by atoms with Gasteiger partial charge in [-0.25, -0.2) is 0 Å². The first-order valence-corrected chi connectivity index (χ1v) is 9.08. The molecule has 1 aromatic heterocycles. The van der Waals surface area contributed by atoms with Crippen LogP contribution in [-0.4, -0.2) is 57.7 Å². The van der Waals surface area contributed by atoms with E-state index in [0.717, 1.165) is 18.7 Å². The van der Waals surface area contributed by atoms with E-state index in [2.05, 4.69) is 16.1 Å². The van der Waals surface area contributed by atoms with Gasteiger partial charge in [-0.3, -0.25) is 14.4 Å². The second-order valence-electron chi connectivity index (χ2n) is 7.10. The number of rotatable bonds is 4. The molecule has 6 heteroatoms. The van der Waals surface area contributed by atoms with Gasteiger partial charge in [0.15, 0.2) is 0 Å². The molecule has 6 nitrogen and oxygen atoms in total. The lowest BCUT2D eigenvalue weighted by molar-refractivity contribution is -0.134. The zero-order valence-electron chi connectivity index (χ0n) is 14.5. The molecule has 0 aromatic carbocycles. The Morgan fingerprint density at radius 3 is 2.58 bits per heavy atom. The van der Waals surface area contributed by atoms with Crippen LogP contribution in [0.25, 0.3) is 0 Å². The van der Waals surface area contributed by atoms with Crippen LogP contribution in [0.2, 0.25) is 0 Å². The summed E-state index contributed by atoms with van der Waals surface area (Å²) in [6.07, 6.45) is 9.83. The number of nitriles is 1. The van der Waals surface area contributed by atoms with Crippen molar-refractivity contribution in [3.63, 3.8) is 0 Å². The molecule has 1 amide bonds. The highest BCUT2D eigenvalue weighted by atomic mass is 16.2. The average Bonchev–Trinajstić information content (AvgIpc) is 3.02. The van der Waals surface area contributed by atoms with Gasteiger partial charge in [0.25, 0.3) is 0 Å². The molecule has 1 aliphatic heterocycles. The lowest BCUT2D eigenvalue weighted by Crippen LogP contribution is -2.54. The van der Waals surface area contributed by atoms with Crippen LogP contribution in [0.3, 0.4) is 0 Å². The second kappa shape index (κ2) is 7.80. The van der Waals surface area contributed by atoms with Crippen molar-refractivity contribution in [1.29, 1.82) is 5.26 Å². The number of piperazine rings is 1. The Bertz CT molecular complexity index is 591. The zero-order chi connectivity index (χ0) is 16.9. The quantitative estimate of drug-likeness (QED) is 0.845. The fourth-order valence-electron chi connectivity index (χ4n) is 3.98. The Hall–Kier alpha value is -1.87. The highest BCUT2D eigenvalue weighted by Crippen LogP contribution is 2.29. The molecular weight excluding hydrogens is 302 g/mol. The lowest BCUT2D eigenvalue weighted by Gasteiger charge is -2.40. The molecule has 0 spiro atoms. The van der Waals surface area contributed by atoms with Crippen LogP contribution in [0, 0.1) is 24.2 Å². The van der Waals surface area contributed by atoms with E-state index in [-0.39, 0.29) is 11.9 Å². The maximum atomic E-state index is 12.4. The molecule has 24 heavy (non-hydrogen) atoms. The standard InChI is InChI=1S/C18H27N5O/c1-15-12-20-23(13-15)14-18(24)22-9-7-21(8-10-22)17(11-19)16-5-3-2-4-6-16/h12-13,16-17H,2-10,14H2,1H3. The number of hydrogen-bond acceptors (Lipinski definition) is 4. The van der Waals surface area contributed by atoms with Gasteiger partial charge in [-0.05, 0) is 31.2 Å². The van der Waals surface area contributed by atoms with Crippen LogP contribution >= 0.6 is 0 Å². The zero-order valence-corrected chi connectivity index (χ0v) is 14.5. The maximum absolute atomic E-state index is 12.4. The molecule has 130 valence electrons. The topological polar surface area (TPSA) is 65.2 Å². The van der Waals surface area contributed by atoms with Crippen molar-refractivity contribution >= 4 is 5.91 Å². The first kappa shape index (κ1) is 17.0. The van der Waals surface area contributed by atoms with E-state index >= 15 is 0 Å². The number of carbonyl (C=O) groups excluding carboxylic acids is 1. The van der Waals surface area contributed by atoms with Gasteiger partial charge in [0, 0.05) is 32.4 Å². The van der Waals surface area contributed by atoms with E-state index in [0.29, 0.717) is 25.6 Å². The van der Waals surface area contributed by atoms with Crippen LogP contribution in [0.5, 0.6) is 0 Å². The SMILES string of the molecule is Cc1cnn(CC(=O)N2CCN(C(C#N)C3CCCCC3)CC2)c1. The first-order valence-electron chi connectivity index (χ1n) is 9.08. The molecule has 0 N–H and O–H groups in total. The molecule has 0 radical (unpaired) electrons. The van der Waals surface area contributed by atoms with Gasteiger partial charge in [-0.1, -0.05) is 19.3 Å². The number of aryl methyl sites for hydroxylation is 1. The summed E-state index contributed by atoms with van der Waals surface area (Å²) in [6, 6.07) is 2.56. The van der Waals surface area contributed by atoms with Crippen molar-refractivity contribution in [1.82, 2.24) is 19.6 Å². The summed E-state index contributed by atoms with van der Waals surface area (Å²) in [4.78, 5) is 16.6. The van der Waals surface area contributed by atoms with E-state index in [1.807, 2.05) is 18.0 Å². The number of amides is 1. The van der Waals surface area contributed by atoms with E-state index in [1.54, 1.807) is 10.9 Å². The molecule has 1 unspecified atom stereocenters. The van der Waals surface area contributed by atoms with Crippen LogP contribution in [0.15, 0.2) is 12.4 Å². The fraction of sp³-hybridized carbons (Fsp3) is 0.722. The molecule has 2 fully saturated rings. The maximum Gasteiger partial charge on any atom is 0.244 e. The molecule has 0 bridgehead atoms. The minimum absolute atomic E-state index is 0.0244. The molecule has 2 aliphatic rings. The molecule has 1 saturated carbocycles. The summed E-state index contributed by atoms with van der Waals surface area (Å²) in [5.41, 5.74) is 1.07. The molecule has 1 aromatic rings. The normalized spacial score (nSPS) is 21.4. The van der Waals surface area contributed by atoms with Crippen molar-refractivity contribution in [2.45, 2.75) is 51.6 Å². The number of hydrogen-bond donors (Lipinski definition) is 0. The van der Waals surface area contributed by atoms with E-state index in [1.165, 1.54) is 32.1 Å². The predicted molar refractivity (Wildman–Crippen MR) is 91.1 cm³/mol. The third-order valence-electron chi connectivity index (χ3n) is 5.35. The van der Waals surface area contributed by atoms with Gasteiger partial charge in [-0.2, -0.15) is 10.4 Å². The van der Waals surface area contributed by atoms with Gasteiger partial charge in [0.2, 0.25) is 5.91 Å². The Kier molecular flexibility index (Phi) is 5.52. The fourth-order valence-corrected chi connectivity index (χ4v) is 3.98. The number of aromatic nitrogens is 2. The number of carbonyl (C=O) groups is 1. The molecule has 2 heterocycles. The Morgan fingerprint density at radius 2 is 2.00 bits per heavy atom. The molecule has 1 atom stereocenters. The largest absolute Gasteiger partial charge is 0.339 e. The number of nitrogens with zero attached hydrogens (tertiary/aromatic N) is 5. The van der Waals surface area contributed by atoms with Crippen molar-refractivity contribution < 1.29 is 4.79 Å². The molecule has 3 rings (SSSR count). The summed E-state index contributed by atoms with van der Waals surface area (Å²) in [6.45, 7) is 5.31. The van der Waals surface area contributed by atoms with Gasteiger partial charge >= 0.3 is 0 Å². The van der Waals surface area contributed by atoms with Crippen LogP contribution in [0.4, 0.5) is 0 Å². The molecule has 1 aliphatic carbocycles. The summed E-state index contributed by atoms with van der Waals surface area (Å²) >= 11 is 0. The van der Waals surface area contributed by atoms with E-state index < -0.39 is 0 Å². The summed E-state index contributed by atoms with van der Waals surface area (Å²) < 4.78 is 1.70. The third kappa shape index (κ3) is 3.96. The Balaban J connectivity index is 1.51. The van der Waals surface area contributed by atoms with Crippen molar-refractivity contribution in [2.75, 3.05) is 26.2 Å². The van der Waals surface area contributed by atoms with Crippen molar-refractivity contribution in [3.05, 3.63) is 18.0 Å². The van der Waals surface area contributed by atoms with Gasteiger partial charge in [-0.15, -0.1) is 0 Å². The summed E-state index contributed by atoms with van der Waals surface area (Å²) in [7, 11) is 0. The smallest absolute Gasteiger partial charge is 0.244 e. The summed E-state index contributed by atoms with van der Waals surface area (Å²) in [5.74, 6) is 0.627. The van der Waals surface area contributed by atoms with E-state index in [4.69, 9.17) is 0 Å². The van der Waals surface area contributed by atoms with Crippen molar-refractivity contribution in [3.8, 4) is 6.07 Å². The summed E-state index contributed by atoms with van der Waals surface area (Å²) in [5, 5.41) is 13.8. The third-order valence-corrected chi connectivity index (χ3v) is 5.35. The van der Waals surface area contributed by atoms with Crippen molar-refractivity contribution in [2.24, 2.45) is 5.92 Å². The highest BCUT2D eigenvalue weighted by molar-refractivity contribution is 5.76. The van der Waals surface area contributed by atoms with Gasteiger partial charge in [0.05, 0.1) is 12.3 Å². The molecular formula is C18H27N5O. The second-order valence-corrected chi connectivity index (χ2v) is 7.10. The Labute approximate surface area is 144 Å². The lowest BCUT2D eigenvalue weighted by atomic mass is 9.83. The van der Waals surface area contributed by atoms with Gasteiger partial charge in [0.1, 0.15) is 12.6 Å². The van der Waals surface area contributed by atoms with Crippen LogP contribution in [-0.2, 0) is 11.3 Å². The highest BCUT2D eigenvalue weighted by Gasteiger charge is 2.31. The first-order chi connectivity index (χ1) is 11.7. The van der Waals surface area contributed by atoms with Crippen LogP contribution < -0.4 is 0 Å². The monoisotopic (exact) mass is 329 g/mol. The molecule has 1 saturated heterocycles. The van der Waals surface area contributed by atoms with E-state index in [9.17, 15) is 10.1 Å². The predicted octanol–water partition coefficient (Wildman–Crippen LogP) is 1.81. The van der Waals surface area contributed by atoms with Gasteiger partial charge < -0.3 is 4.90 Å². The minimum atomic E-state index is 0.0244. The average molecular weight is 329 g/mol. The minimum Gasteiger partial charge on any atom is -0.339 e. The van der Waals surface area contributed by atoms with Crippen LogP contribution in [0.1, 0.15) is 37.7 Å². The Morgan fingerprint density at radius 1 is 1.29 bits per heavy atom.